The first-order valence-electron chi connectivity index (χ1n) is 9.27. The lowest BCUT2D eigenvalue weighted by Crippen LogP contribution is -2.35. The molecule has 1 aliphatic heterocycles. The van der Waals surface area contributed by atoms with Gasteiger partial charge in [-0.25, -0.2) is 4.39 Å². The molecule has 156 valence electrons. The van der Waals surface area contributed by atoms with Gasteiger partial charge in [0.2, 0.25) is 5.88 Å². The zero-order valence-electron chi connectivity index (χ0n) is 16.4. The van der Waals surface area contributed by atoms with Crippen LogP contribution in [0.3, 0.4) is 0 Å². The molecule has 1 aromatic heterocycles. The molecule has 2 heterocycles. The third-order valence-corrected chi connectivity index (χ3v) is 5.46. The molecule has 0 radical (unpaired) electrons. The molecule has 0 aliphatic carbocycles. The number of nitrogens with zero attached hydrogens (tertiary/aromatic N) is 1. The number of methoxy groups -OCH3 is 2. The van der Waals surface area contributed by atoms with E-state index in [0.29, 0.717) is 30.2 Å². The van der Waals surface area contributed by atoms with Crippen LogP contribution in [0, 0.1) is 10.6 Å². The van der Waals surface area contributed by atoms with Crippen molar-refractivity contribution in [1.82, 2.24) is 14.9 Å². The van der Waals surface area contributed by atoms with Crippen LogP contribution in [-0.2, 0) is 6.42 Å². The Balaban J connectivity index is 1.94. The smallest absolute Gasteiger partial charge is 0.260 e. The fraction of sp³-hybridized carbons (Fsp3) is 0.238. The lowest BCUT2D eigenvalue weighted by Gasteiger charge is -2.29. The minimum Gasteiger partial charge on any atom is -0.494 e. The number of benzene rings is 2. The van der Waals surface area contributed by atoms with Gasteiger partial charge in [-0.1, -0.05) is 6.07 Å². The highest BCUT2D eigenvalue weighted by Gasteiger charge is 2.30. The topological polar surface area (TPSA) is 88.5 Å². The molecule has 0 spiro atoms. The number of fused-ring (bicyclic) bond motifs is 1. The fourth-order valence-electron chi connectivity index (χ4n) is 3.79. The summed E-state index contributed by atoms with van der Waals surface area (Å²) in [5.74, 6) is 0.263. The molecule has 30 heavy (non-hydrogen) atoms. The highest BCUT2D eigenvalue weighted by Crippen LogP contribution is 2.38. The Hall–Kier alpha value is -3.17. The summed E-state index contributed by atoms with van der Waals surface area (Å²) in [4.78, 5) is 15.4. The van der Waals surface area contributed by atoms with E-state index in [0.717, 1.165) is 11.1 Å². The van der Waals surface area contributed by atoms with Crippen LogP contribution in [0.15, 0.2) is 41.2 Å². The second-order valence-corrected chi connectivity index (χ2v) is 7.24. The van der Waals surface area contributed by atoms with Crippen molar-refractivity contribution in [3.05, 3.63) is 74.0 Å². The molecular formula is C21H20FN3O4S. The Labute approximate surface area is 176 Å². The van der Waals surface area contributed by atoms with Crippen molar-refractivity contribution in [2.24, 2.45) is 0 Å². The highest BCUT2D eigenvalue weighted by molar-refractivity contribution is 7.71. The van der Waals surface area contributed by atoms with Crippen LogP contribution in [0.2, 0.25) is 0 Å². The summed E-state index contributed by atoms with van der Waals surface area (Å²) in [5.41, 5.74) is 1.61. The first-order valence-corrected chi connectivity index (χ1v) is 9.67. The van der Waals surface area contributed by atoms with Crippen molar-refractivity contribution in [3.63, 3.8) is 0 Å². The van der Waals surface area contributed by atoms with Crippen LogP contribution < -0.4 is 20.3 Å². The molecule has 0 amide bonds. The van der Waals surface area contributed by atoms with Crippen molar-refractivity contribution in [2.75, 3.05) is 20.8 Å². The zero-order valence-corrected chi connectivity index (χ0v) is 17.2. The highest BCUT2D eigenvalue weighted by atomic mass is 32.1. The number of halogens is 1. The standard InChI is InChI=1S/C21H20FN3O4S/c1-28-15-8-11-6-7-23-18(14(11)10-16(15)29-2)17-19(26)24-21(30)25(20(17)27)13-5-3-4-12(22)9-13/h3-5,8-10,18,23,27H,6-7H2,1-2H3,(H,24,26,30)/t18-/m0/s1. The molecule has 4 rings (SSSR count). The van der Waals surface area contributed by atoms with Gasteiger partial charge in [0.1, 0.15) is 5.82 Å². The van der Waals surface area contributed by atoms with Gasteiger partial charge in [0.15, 0.2) is 16.3 Å². The number of H-pyrrole nitrogens is 1. The van der Waals surface area contributed by atoms with E-state index in [1.54, 1.807) is 19.2 Å². The number of rotatable bonds is 4. The third-order valence-electron chi connectivity index (χ3n) is 5.18. The Bertz CT molecular complexity index is 1240. The Kier molecular flexibility index (Phi) is 5.31. The van der Waals surface area contributed by atoms with Gasteiger partial charge >= 0.3 is 0 Å². The van der Waals surface area contributed by atoms with Crippen LogP contribution in [-0.4, -0.2) is 35.4 Å². The number of aromatic nitrogens is 2. The monoisotopic (exact) mass is 429 g/mol. The number of nitrogens with one attached hydrogen (secondary N) is 2. The molecule has 7 nitrogen and oxygen atoms in total. The Morgan fingerprint density at radius 3 is 2.63 bits per heavy atom. The molecule has 1 aliphatic rings. The summed E-state index contributed by atoms with van der Waals surface area (Å²) in [6.07, 6.45) is 0.716. The molecule has 0 bridgehead atoms. The van der Waals surface area contributed by atoms with Gasteiger partial charge in [0.25, 0.3) is 5.56 Å². The van der Waals surface area contributed by atoms with Crippen molar-refractivity contribution >= 4 is 12.2 Å². The largest absolute Gasteiger partial charge is 0.494 e. The van der Waals surface area contributed by atoms with Crippen LogP contribution in [0.1, 0.15) is 22.7 Å². The minimum atomic E-state index is -0.618. The Morgan fingerprint density at radius 1 is 1.20 bits per heavy atom. The van der Waals surface area contributed by atoms with Gasteiger partial charge in [0.05, 0.1) is 31.5 Å². The normalized spacial score (nSPS) is 15.5. The molecule has 3 N–H and O–H groups in total. The van der Waals surface area contributed by atoms with E-state index < -0.39 is 17.4 Å². The summed E-state index contributed by atoms with van der Waals surface area (Å²) < 4.78 is 25.8. The molecule has 0 unspecified atom stereocenters. The van der Waals surface area contributed by atoms with E-state index in [1.165, 1.54) is 29.9 Å². The molecule has 9 heteroatoms. The van der Waals surface area contributed by atoms with Crippen LogP contribution in [0.25, 0.3) is 5.69 Å². The summed E-state index contributed by atoms with van der Waals surface area (Å²) in [5, 5.41) is 14.3. The molecular weight excluding hydrogens is 409 g/mol. The number of aromatic amines is 1. The summed E-state index contributed by atoms with van der Waals surface area (Å²) >= 11 is 5.23. The maximum Gasteiger partial charge on any atom is 0.260 e. The van der Waals surface area contributed by atoms with Crippen molar-refractivity contribution < 1.29 is 19.0 Å². The second-order valence-electron chi connectivity index (χ2n) is 6.85. The summed E-state index contributed by atoms with van der Waals surface area (Å²) in [6.45, 7) is 0.585. The van der Waals surface area contributed by atoms with Gasteiger partial charge in [-0.05, 0) is 60.1 Å². The molecule has 0 saturated carbocycles. The van der Waals surface area contributed by atoms with Crippen LogP contribution >= 0.6 is 12.2 Å². The maximum atomic E-state index is 13.8. The third kappa shape index (κ3) is 3.35. The average Bonchev–Trinajstić information content (AvgIpc) is 2.72. The van der Waals surface area contributed by atoms with Crippen LogP contribution in [0.4, 0.5) is 4.39 Å². The quantitative estimate of drug-likeness (QED) is 0.553. The van der Waals surface area contributed by atoms with Gasteiger partial charge in [-0.3, -0.25) is 14.3 Å². The number of aromatic hydroxyl groups is 1. The molecule has 3 aromatic rings. The molecule has 1 atom stereocenters. The average molecular weight is 429 g/mol. The Morgan fingerprint density at radius 2 is 1.93 bits per heavy atom. The maximum absolute atomic E-state index is 13.8. The molecule has 0 saturated heterocycles. The van der Waals surface area contributed by atoms with E-state index in [-0.39, 0.29) is 16.2 Å². The van der Waals surface area contributed by atoms with E-state index in [2.05, 4.69) is 10.3 Å². The van der Waals surface area contributed by atoms with Crippen molar-refractivity contribution in [2.45, 2.75) is 12.5 Å². The van der Waals surface area contributed by atoms with Crippen molar-refractivity contribution in [1.29, 1.82) is 0 Å². The fourth-order valence-corrected chi connectivity index (χ4v) is 4.08. The second kappa shape index (κ2) is 7.92. The molecule has 0 fully saturated rings. The number of ether oxygens (including phenoxy) is 2. The number of hydrogen-bond donors (Lipinski definition) is 3. The predicted octanol–water partition coefficient (Wildman–Crippen LogP) is 2.99. The lowest BCUT2D eigenvalue weighted by molar-refractivity contribution is 0.352. The van der Waals surface area contributed by atoms with E-state index in [1.807, 2.05) is 6.07 Å². The van der Waals surface area contributed by atoms with Gasteiger partial charge < -0.3 is 19.9 Å². The van der Waals surface area contributed by atoms with Gasteiger partial charge in [0, 0.05) is 6.54 Å². The van der Waals surface area contributed by atoms with E-state index in [9.17, 15) is 14.3 Å². The van der Waals surface area contributed by atoms with Gasteiger partial charge in [-0.2, -0.15) is 0 Å². The van der Waals surface area contributed by atoms with Gasteiger partial charge in [-0.15, -0.1) is 0 Å². The first-order chi connectivity index (χ1) is 14.4. The minimum absolute atomic E-state index is 0.0322. The van der Waals surface area contributed by atoms with E-state index in [4.69, 9.17) is 21.7 Å². The SMILES string of the molecule is COc1cc2c(cc1OC)[C@@H](c1c(O)n(-c3cccc(F)c3)c(=S)[nH]c1=O)NCC2. The molecule has 2 aromatic carbocycles. The summed E-state index contributed by atoms with van der Waals surface area (Å²) in [7, 11) is 3.09. The van der Waals surface area contributed by atoms with Crippen molar-refractivity contribution in [3.8, 4) is 23.1 Å². The lowest BCUT2D eigenvalue weighted by atomic mass is 9.90. The van der Waals surface area contributed by atoms with Crippen LogP contribution in [0.5, 0.6) is 17.4 Å². The summed E-state index contributed by atoms with van der Waals surface area (Å²) in [6, 6.07) is 8.66. The van der Waals surface area contributed by atoms with E-state index >= 15 is 0 Å². The predicted molar refractivity (Wildman–Crippen MR) is 112 cm³/mol. The number of hydrogen-bond acceptors (Lipinski definition) is 6. The zero-order chi connectivity index (χ0) is 21.4. The first kappa shape index (κ1) is 20.1.